The maximum atomic E-state index is 4.11. The largest absolute Gasteiger partial charge is 0.360 e. The van der Waals surface area contributed by atoms with Gasteiger partial charge in [0.2, 0.25) is 0 Å². The van der Waals surface area contributed by atoms with Crippen LogP contribution in [0.3, 0.4) is 0 Å². The second kappa shape index (κ2) is 4.04. The lowest BCUT2D eigenvalue weighted by molar-refractivity contribution is 0.637. The zero-order valence-electron chi connectivity index (χ0n) is 7.05. The summed E-state index contributed by atoms with van der Waals surface area (Å²) >= 11 is 1.61. The number of rotatable bonds is 4. The third-order valence-electron chi connectivity index (χ3n) is 1.61. The van der Waals surface area contributed by atoms with Gasteiger partial charge in [-0.05, 0) is 6.07 Å². The molecule has 0 bridgehead atoms. The Balaban J connectivity index is 1.76. The molecule has 0 aliphatic heterocycles. The highest BCUT2D eigenvalue weighted by Gasteiger charge is 1.93. The molecular formula is C8H10N4S. The van der Waals surface area contributed by atoms with E-state index in [-0.39, 0.29) is 0 Å². The van der Waals surface area contributed by atoms with Gasteiger partial charge in [-0.1, -0.05) is 0 Å². The minimum Gasteiger partial charge on any atom is -0.360 e. The molecule has 4 nitrogen and oxygen atoms in total. The molecule has 2 aromatic rings. The van der Waals surface area contributed by atoms with Gasteiger partial charge in [0.25, 0.3) is 0 Å². The monoisotopic (exact) mass is 194 g/mol. The molecule has 2 rings (SSSR count). The Morgan fingerprint density at radius 2 is 2.46 bits per heavy atom. The molecule has 2 aromatic heterocycles. The predicted octanol–water partition coefficient (Wildman–Crippen LogP) is 1.45. The Morgan fingerprint density at radius 1 is 1.46 bits per heavy atom. The maximum absolute atomic E-state index is 4.11. The molecule has 13 heavy (non-hydrogen) atoms. The second-order valence-electron chi connectivity index (χ2n) is 2.53. The third kappa shape index (κ3) is 2.29. The van der Waals surface area contributed by atoms with E-state index < -0.39 is 0 Å². The molecule has 5 heteroatoms. The highest BCUT2D eigenvalue weighted by atomic mass is 32.1. The molecule has 0 aliphatic rings. The summed E-state index contributed by atoms with van der Waals surface area (Å²) in [6, 6.07) is 1.92. The zero-order valence-corrected chi connectivity index (χ0v) is 7.87. The molecule has 0 fully saturated rings. The van der Waals surface area contributed by atoms with E-state index in [1.165, 1.54) is 0 Å². The van der Waals surface area contributed by atoms with E-state index in [4.69, 9.17) is 0 Å². The summed E-state index contributed by atoms with van der Waals surface area (Å²) in [4.78, 5) is 4.11. The van der Waals surface area contributed by atoms with Gasteiger partial charge in [-0.15, -0.1) is 11.3 Å². The number of thiazole rings is 1. The van der Waals surface area contributed by atoms with Crippen LogP contribution in [-0.2, 0) is 6.54 Å². The fraction of sp³-hybridized carbons (Fsp3) is 0.250. The summed E-state index contributed by atoms with van der Waals surface area (Å²) in [5.74, 6) is 0. The first-order chi connectivity index (χ1) is 6.45. The average Bonchev–Trinajstić information content (AvgIpc) is 2.75. The standard InChI is InChI=1S/C8H10N4S/c1-2-11-12(5-1)6-3-9-8-10-4-7-13-8/h1-2,4-5,7H,3,6H2,(H,9,10). The van der Waals surface area contributed by atoms with Crippen LogP contribution in [-0.4, -0.2) is 21.3 Å². The normalized spacial score (nSPS) is 10.2. The lowest BCUT2D eigenvalue weighted by atomic mass is 10.6. The molecular weight excluding hydrogens is 184 g/mol. The molecule has 0 amide bonds. The van der Waals surface area contributed by atoms with E-state index in [1.807, 2.05) is 22.3 Å². The number of aromatic nitrogens is 3. The van der Waals surface area contributed by atoms with E-state index >= 15 is 0 Å². The first-order valence-corrected chi connectivity index (χ1v) is 4.94. The van der Waals surface area contributed by atoms with Crippen LogP contribution in [0.4, 0.5) is 5.13 Å². The second-order valence-corrected chi connectivity index (χ2v) is 3.43. The number of hydrogen-bond acceptors (Lipinski definition) is 4. The first kappa shape index (κ1) is 8.25. The predicted molar refractivity (Wildman–Crippen MR) is 52.8 cm³/mol. The van der Waals surface area contributed by atoms with E-state index in [2.05, 4.69) is 15.4 Å². The van der Waals surface area contributed by atoms with Crippen molar-refractivity contribution in [1.29, 1.82) is 0 Å². The third-order valence-corrected chi connectivity index (χ3v) is 2.34. The molecule has 0 spiro atoms. The topological polar surface area (TPSA) is 42.7 Å². The van der Waals surface area contributed by atoms with Crippen molar-refractivity contribution in [3.05, 3.63) is 30.0 Å². The molecule has 0 aliphatic carbocycles. The molecule has 0 atom stereocenters. The minimum atomic E-state index is 0.856. The summed E-state index contributed by atoms with van der Waals surface area (Å²) in [6.07, 6.45) is 5.52. The minimum absolute atomic E-state index is 0.856. The van der Waals surface area contributed by atoms with Crippen molar-refractivity contribution < 1.29 is 0 Å². The highest BCUT2D eigenvalue weighted by molar-refractivity contribution is 7.13. The quantitative estimate of drug-likeness (QED) is 0.801. The molecule has 0 radical (unpaired) electrons. The van der Waals surface area contributed by atoms with Crippen molar-refractivity contribution in [3.63, 3.8) is 0 Å². The van der Waals surface area contributed by atoms with Crippen molar-refractivity contribution in [2.24, 2.45) is 0 Å². The zero-order chi connectivity index (χ0) is 8.93. The molecule has 1 N–H and O–H groups in total. The van der Waals surface area contributed by atoms with Gasteiger partial charge in [0.15, 0.2) is 5.13 Å². The van der Waals surface area contributed by atoms with Crippen molar-refractivity contribution >= 4 is 16.5 Å². The van der Waals surface area contributed by atoms with Crippen LogP contribution in [0.25, 0.3) is 0 Å². The van der Waals surface area contributed by atoms with Gasteiger partial charge in [0.05, 0.1) is 6.54 Å². The summed E-state index contributed by atoms with van der Waals surface area (Å²) in [5.41, 5.74) is 0. The summed E-state index contributed by atoms with van der Waals surface area (Å²) in [6.45, 7) is 1.72. The van der Waals surface area contributed by atoms with Crippen LogP contribution in [0.5, 0.6) is 0 Å². The molecule has 2 heterocycles. The van der Waals surface area contributed by atoms with Crippen LogP contribution < -0.4 is 5.32 Å². The Labute approximate surface area is 80.2 Å². The number of hydrogen-bond donors (Lipinski definition) is 1. The van der Waals surface area contributed by atoms with Gasteiger partial charge in [-0.3, -0.25) is 4.68 Å². The van der Waals surface area contributed by atoms with Gasteiger partial charge in [0.1, 0.15) is 0 Å². The maximum Gasteiger partial charge on any atom is 0.182 e. The fourth-order valence-corrected chi connectivity index (χ4v) is 1.58. The smallest absolute Gasteiger partial charge is 0.182 e. The van der Waals surface area contributed by atoms with Crippen LogP contribution in [0.15, 0.2) is 30.0 Å². The van der Waals surface area contributed by atoms with Crippen LogP contribution in [0.1, 0.15) is 0 Å². The number of anilines is 1. The fourth-order valence-electron chi connectivity index (χ4n) is 1.02. The van der Waals surface area contributed by atoms with Gasteiger partial charge >= 0.3 is 0 Å². The molecule has 68 valence electrons. The van der Waals surface area contributed by atoms with E-state index in [0.717, 1.165) is 18.2 Å². The molecule has 0 saturated carbocycles. The van der Waals surface area contributed by atoms with Crippen molar-refractivity contribution in [2.75, 3.05) is 11.9 Å². The Morgan fingerprint density at radius 3 is 3.15 bits per heavy atom. The first-order valence-electron chi connectivity index (χ1n) is 4.06. The SMILES string of the molecule is c1cnn(CCNc2nccs2)c1. The molecule has 0 unspecified atom stereocenters. The van der Waals surface area contributed by atoms with E-state index in [1.54, 1.807) is 23.7 Å². The summed E-state index contributed by atoms with van der Waals surface area (Å²) in [5, 5.41) is 10.2. The molecule has 0 aromatic carbocycles. The molecule has 0 saturated heterocycles. The summed E-state index contributed by atoms with van der Waals surface area (Å²) in [7, 11) is 0. The Bertz CT molecular complexity index is 293. The van der Waals surface area contributed by atoms with Gasteiger partial charge < -0.3 is 5.32 Å². The number of nitrogens with zero attached hydrogens (tertiary/aromatic N) is 3. The van der Waals surface area contributed by atoms with Gasteiger partial charge in [-0.2, -0.15) is 5.10 Å². The van der Waals surface area contributed by atoms with Crippen molar-refractivity contribution in [1.82, 2.24) is 14.8 Å². The van der Waals surface area contributed by atoms with E-state index in [0.29, 0.717) is 0 Å². The lowest BCUT2D eigenvalue weighted by Crippen LogP contribution is -2.10. The highest BCUT2D eigenvalue weighted by Crippen LogP contribution is 2.09. The van der Waals surface area contributed by atoms with Gasteiger partial charge in [-0.25, -0.2) is 4.98 Å². The van der Waals surface area contributed by atoms with Crippen LogP contribution >= 0.6 is 11.3 Å². The van der Waals surface area contributed by atoms with E-state index in [9.17, 15) is 0 Å². The van der Waals surface area contributed by atoms with Crippen molar-refractivity contribution in [3.8, 4) is 0 Å². The van der Waals surface area contributed by atoms with Gasteiger partial charge in [0, 0.05) is 30.5 Å². The average molecular weight is 194 g/mol. The Kier molecular flexibility index (Phi) is 2.56. The Hall–Kier alpha value is -1.36. The number of nitrogens with one attached hydrogen (secondary N) is 1. The van der Waals surface area contributed by atoms with Crippen LogP contribution in [0.2, 0.25) is 0 Å². The summed E-state index contributed by atoms with van der Waals surface area (Å²) < 4.78 is 1.89. The van der Waals surface area contributed by atoms with Crippen LogP contribution in [0, 0.1) is 0 Å². The lowest BCUT2D eigenvalue weighted by Gasteiger charge is -2.01. The van der Waals surface area contributed by atoms with Crippen molar-refractivity contribution in [2.45, 2.75) is 6.54 Å².